The van der Waals surface area contributed by atoms with Gasteiger partial charge < -0.3 is 4.74 Å². The number of esters is 1. The fourth-order valence-corrected chi connectivity index (χ4v) is 1.13. The fourth-order valence-electron chi connectivity index (χ4n) is 1.13. The zero-order valence-corrected chi connectivity index (χ0v) is 10.4. The molecule has 0 aromatic heterocycles. The molecule has 0 saturated carbocycles. The average Bonchev–Trinajstić information content (AvgIpc) is 2.09. The van der Waals surface area contributed by atoms with Crippen LogP contribution in [0.2, 0.25) is 0 Å². The summed E-state index contributed by atoms with van der Waals surface area (Å²) in [6.07, 6.45) is 0.624. The Hall–Kier alpha value is -1.36. The first-order valence-corrected chi connectivity index (χ1v) is 5.10. The number of rotatable bonds is 6. The molecule has 0 radical (unpaired) electrons. The molecule has 0 saturated heterocycles. The van der Waals surface area contributed by atoms with E-state index >= 15 is 0 Å². The van der Waals surface area contributed by atoms with Crippen LogP contribution in [0, 0.1) is 0 Å². The van der Waals surface area contributed by atoms with Gasteiger partial charge in [-0.1, -0.05) is 6.58 Å². The van der Waals surface area contributed by atoms with Crippen molar-refractivity contribution in [1.82, 2.24) is 0 Å². The van der Waals surface area contributed by atoms with Crippen LogP contribution >= 0.6 is 0 Å². The van der Waals surface area contributed by atoms with Gasteiger partial charge in [-0.3, -0.25) is 4.84 Å². The second-order valence-electron chi connectivity index (χ2n) is 4.15. The molecule has 16 heavy (non-hydrogen) atoms. The number of nitrogens with zero attached hydrogens (tertiary/aromatic N) is 1. The van der Waals surface area contributed by atoms with E-state index in [1.165, 1.54) is 6.92 Å². The Morgan fingerprint density at radius 2 is 1.81 bits per heavy atom. The lowest BCUT2D eigenvalue weighted by Gasteiger charge is -2.25. The third-order valence-electron chi connectivity index (χ3n) is 1.80. The summed E-state index contributed by atoms with van der Waals surface area (Å²) in [6, 6.07) is 0. The van der Waals surface area contributed by atoms with Crippen LogP contribution in [0.5, 0.6) is 0 Å². The zero-order chi connectivity index (χ0) is 12.8. The van der Waals surface area contributed by atoms with Gasteiger partial charge in [-0.15, -0.1) is 4.65 Å². The van der Waals surface area contributed by atoms with Crippen LogP contribution in [0.3, 0.4) is 0 Å². The van der Waals surface area contributed by atoms with Crippen LogP contribution in [0.4, 0.5) is 0 Å². The first kappa shape index (κ1) is 14.6. The second-order valence-corrected chi connectivity index (χ2v) is 4.15. The first-order valence-electron chi connectivity index (χ1n) is 5.10. The van der Waals surface area contributed by atoms with Crippen molar-refractivity contribution in [3.8, 4) is 0 Å². The largest absolute Gasteiger partial charge is 0.462 e. The van der Waals surface area contributed by atoms with Gasteiger partial charge in [0, 0.05) is 18.9 Å². The highest BCUT2D eigenvalue weighted by atomic mass is 16.7. The molecule has 0 rings (SSSR count). The van der Waals surface area contributed by atoms with E-state index in [1.54, 1.807) is 21.0 Å². The molecule has 0 unspecified atom stereocenters. The topological polar surface area (TPSA) is 52.6 Å². The lowest BCUT2D eigenvalue weighted by atomic mass is 10.3. The van der Waals surface area contributed by atoms with E-state index in [9.17, 15) is 9.59 Å². The van der Waals surface area contributed by atoms with Crippen molar-refractivity contribution in [3.05, 3.63) is 12.2 Å². The predicted molar refractivity (Wildman–Crippen MR) is 59.1 cm³/mol. The summed E-state index contributed by atoms with van der Waals surface area (Å²) >= 11 is 0. The van der Waals surface area contributed by atoms with E-state index in [4.69, 9.17) is 9.57 Å². The summed E-state index contributed by atoms with van der Waals surface area (Å²) in [6.45, 7) is 7.32. The molecule has 0 aromatic carbocycles. The second kappa shape index (κ2) is 6.27. The first-order chi connectivity index (χ1) is 7.24. The lowest BCUT2D eigenvalue weighted by Crippen LogP contribution is -2.42. The standard InChI is InChI=1S/C11H20NO4/c1-9(2)11(14)15-8-6-7-12(4,5)16-10(3)13/h1,6-8H2,2-5H3/q+1. The Morgan fingerprint density at radius 3 is 2.25 bits per heavy atom. The predicted octanol–water partition coefficient (Wildman–Crippen LogP) is 1.05. The lowest BCUT2D eigenvalue weighted by molar-refractivity contribution is -1.06. The Balaban J connectivity index is 3.77. The van der Waals surface area contributed by atoms with E-state index in [1.807, 2.05) is 0 Å². The van der Waals surface area contributed by atoms with Crippen LogP contribution in [-0.4, -0.2) is 43.8 Å². The van der Waals surface area contributed by atoms with Crippen molar-refractivity contribution < 1.29 is 23.8 Å². The van der Waals surface area contributed by atoms with Crippen molar-refractivity contribution in [2.75, 3.05) is 27.2 Å². The maximum Gasteiger partial charge on any atom is 0.363 e. The number of carbonyl (C=O) groups is 2. The number of ether oxygens (including phenoxy) is 1. The molecular weight excluding hydrogens is 210 g/mol. The van der Waals surface area contributed by atoms with Crippen LogP contribution in [-0.2, 0) is 19.2 Å². The Bertz CT molecular complexity index is 284. The van der Waals surface area contributed by atoms with Gasteiger partial charge in [0.1, 0.15) is 20.6 Å². The minimum absolute atomic E-state index is 0.125. The fraction of sp³-hybridized carbons (Fsp3) is 0.636. The summed E-state index contributed by atoms with van der Waals surface area (Å²) in [5, 5.41) is 0. The summed E-state index contributed by atoms with van der Waals surface area (Å²) in [7, 11) is 3.53. The summed E-state index contributed by atoms with van der Waals surface area (Å²) < 4.78 is 5.04. The van der Waals surface area contributed by atoms with Crippen LogP contribution in [0.25, 0.3) is 0 Å². The van der Waals surface area contributed by atoms with Gasteiger partial charge >= 0.3 is 11.9 Å². The SMILES string of the molecule is C=C(C)C(=O)OCCC[N+](C)(C)OC(C)=O. The van der Waals surface area contributed by atoms with E-state index in [2.05, 4.69) is 6.58 Å². The highest BCUT2D eigenvalue weighted by Crippen LogP contribution is 2.02. The van der Waals surface area contributed by atoms with Gasteiger partial charge in [0.25, 0.3) is 0 Å². The smallest absolute Gasteiger partial charge is 0.363 e. The Kier molecular flexibility index (Phi) is 5.74. The minimum Gasteiger partial charge on any atom is -0.462 e. The highest BCUT2D eigenvalue weighted by molar-refractivity contribution is 5.86. The summed E-state index contributed by atoms with van der Waals surface area (Å²) in [5.41, 5.74) is 0.383. The van der Waals surface area contributed by atoms with Crippen molar-refractivity contribution in [1.29, 1.82) is 0 Å². The molecule has 0 heterocycles. The van der Waals surface area contributed by atoms with Gasteiger partial charge in [-0.25, -0.2) is 9.59 Å². The number of hydrogen-bond donors (Lipinski definition) is 0. The molecule has 0 spiro atoms. The Morgan fingerprint density at radius 1 is 1.25 bits per heavy atom. The van der Waals surface area contributed by atoms with Crippen molar-refractivity contribution in [3.63, 3.8) is 0 Å². The quantitative estimate of drug-likeness (QED) is 0.225. The molecule has 0 atom stereocenters. The molecule has 0 bridgehead atoms. The van der Waals surface area contributed by atoms with Crippen LogP contribution in [0.15, 0.2) is 12.2 Å². The maximum absolute atomic E-state index is 11.0. The van der Waals surface area contributed by atoms with Crippen molar-refractivity contribution in [2.45, 2.75) is 20.3 Å². The van der Waals surface area contributed by atoms with E-state index in [0.29, 0.717) is 25.1 Å². The van der Waals surface area contributed by atoms with Crippen molar-refractivity contribution in [2.24, 2.45) is 0 Å². The van der Waals surface area contributed by atoms with Crippen molar-refractivity contribution >= 4 is 11.9 Å². The normalized spacial score (nSPS) is 10.8. The molecule has 0 aliphatic carbocycles. The van der Waals surface area contributed by atoms with Gasteiger partial charge in [0.2, 0.25) is 0 Å². The van der Waals surface area contributed by atoms with Gasteiger partial charge in [-0.2, -0.15) is 0 Å². The van der Waals surface area contributed by atoms with Gasteiger partial charge in [0.05, 0.1) is 6.61 Å². The monoisotopic (exact) mass is 230 g/mol. The molecule has 92 valence electrons. The number of hydroxylamine groups is 3. The number of hydrogen-bond acceptors (Lipinski definition) is 4. The molecule has 0 aliphatic rings. The number of carbonyl (C=O) groups excluding carboxylic acids is 2. The molecule has 5 nitrogen and oxygen atoms in total. The van der Waals surface area contributed by atoms with Gasteiger partial charge in [0.15, 0.2) is 0 Å². The Labute approximate surface area is 96.2 Å². The number of quaternary nitrogens is 1. The molecule has 0 N–H and O–H groups in total. The van der Waals surface area contributed by atoms with E-state index in [-0.39, 0.29) is 10.6 Å². The summed E-state index contributed by atoms with van der Waals surface area (Å²) in [5.74, 6) is -0.721. The van der Waals surface area contributed by atoms with Crippen LogP contribution in [0.1, 0.15) is 20.3 Å². The molecule has 5 heteroatoms. The zero-order valence-electron chi connectivity index (χ0n) is 10.4. The molecular formula is C11H20NO4+. The third kappa shape index (κ3) is 7.00. The van der Waals surface area contributed by atoms with Gasteiger partial charge in [-0.05, 0) is 6.92 Å². The minimum atomic E-state index is -0.391. The van der Waals surface area contributed by atoms with Crippen LogP contribution < -0.4 is 0 Å². The third-order valence-corrected chi connectivity index (χ3v) is 1.80. The molecule has 0 fully saturated rings. The average molecular weight is 230 g/mol. The summed E-state index contributed by atoms with van der Waals surface area (Å²) in [4.78, 5) is 26.8. The molecule has 0 aromatic rings. The van der Waals surface area contributed by atoms with E-state index < -0.39 is 5.97 Å². The highest BCUT2D eigenvalue weighted by Gasteiger charge is 2.19. The molecule has 0 aliphatic heterocycles. The maximum atomic E-state index is 11.0. The molecule has 0 amide bonds. The van der Waals surface area contributed by atoms with E-state index in [0.717, 1.165) is 0 Å².